The van der Waals surface area contributed by atoms with Crippen LogP contribution in [0.2, 0.25) is 0 Å². The van der Waals surface area contributed by atoms with E-state index in [9.17, 15) is 27.5 Å². The van der Waals surface area contributed by atoms with Gasteiger partial charge in [-0.15, -0.1) is 11.8 Å². The maximum atomic E-state index is 14.7. The number of nitrogens with two attached hydrogens (primary N) is 1. The van der Waals surface area contributed by atoms with Crippen LogP contribution in [0.4, 0.5) is 23.2 Å². The van der Waals surface area contributed by atoms with Gasteiger partial charge in [-0.3, -0.25) is 5.01 Å². The van der Waals surface area contributed by atoms with E-state index in [-0.39, 0.29) is 35.1 Å². The summed E-state index contributed by atoms with van der Waals surface area (Å²) in [4.78, 5) is 11.9. The highest BCUT2D eigenvalue weighted by Crippen LogP contribution is 2.38. The summed E-state index contributed by atoms with van der Waals surface area (Å²) >= 11 is 0.523. The van der Waals surface area contributed by atoms with E-state index in [0.29, 0.717) is 17.3 Å². The Morgan fingerprint density at radius 3 is 2.50 bits per heavy atom. The summed E-state index contributed by atoms with van der Waals surface area (Å²) < 4.78 is 57.9. The molecule has 1 aromatic rings. The van der Waals surface area contributed by atoms with Crippen molar-refractivity contribution in [1.29, 1.82) is 0 Å². The number of carbonyl (C=O) groups is 1. The van der Waals surface area contributed by atoms with Crippen LogP contribution in [0.5, 0.6) is 0 Å². The van der Waals surface area contributed by atoms with Crippen molar-refractivity contribution in [2.24, 2.45) is 5.73 Å². The Balaban J connectivity index is 2.53. The van der Waals surface area contributed by atoms with Gasteiger partial charge in [-0.2, -0.15) is 18.2 Å². The number of likely N-dealkylation sites (N-methyl/N-ethyl adjacent to an activating group) is 1. The van der Waals surface area contributed by atoms with Crippen molar-refractivity contribution in [3.8, 4) is 0 Å². The molecule has 156 valence electrons. The summed E-state index contributed by atoms with van der Waals surface area (Å²) in [5.74, 6) is -3.44. The van der Waals surface area contributed by atoms with Crippen LogP contribution in [-0.4, -0.2) is 47.4 Å². The number of aliphatic carboxylic acids is 1. The quantitative estimate of drug-likeness (QED) is 0.514. The van der Waals surface area contributed by atoms with Gasteiger partial charge in [0.15, 0.2) is 6.23 Å². The summed E-state index contributed by atoms with van der Waals surface area (Å²) in [6.07, 6.45) is -5.43. The van der Waals surface area contributed by atoms with Crippen molar-refractivity contribution in [3.63, 3.8) is 0 Å². The lowest BCUT2D eigenvalue weighted by atomic mass is 10.2. The minimum absolute atomic E-state index is 0.143. The lowest BCUT2D eigenvalue weighted by Gasteiger charge is -2.33. The molecule has 0 bridgehead atoms. The second-order valence-corrected chi connectivity index (χ2v) is 6.97. The molecule has 1 aromatic carbocycles. The zero-order valence-electron chi connectivity index (χ0n) is 15.5. The molecule has 0 radical (unpaired) electrons. The topological polar surface area (TPSA) is 79.0 Å². The first-order chi connectivity index (χ1) is 13.0. The van der Waals surface area contributed by atoms with Crippen molar-refractivity contribution in [1.82, 2.24) is 5.01 Å². The Morgan fingerprint density at radius 1 is 1.36 bits per heavy atom. The zero-order chi connectivity index (χ0) is 21.2. The van der Waals surface area contributed by atoms with E-state index in [4.69, 9.17) is 10.5 Å². The van der Waals surface area contributed by atoms with Gasteiger partial charge in [-0.1, -0.05) is 6.92 Å². The number of aryl methyl sites for hydroxylation is 1. The third kappa shape index (κ3) is 4.53. The van der Waals surface area contributed by atoms with Crippen molar-refractivity contribution in [3.05, 3.63) is 34.9 Å². The Labute approximate surface area is 163 Å². The molecule has 0 saturated carbocycles. The normalized spacial score (nSPS) is 18.2. The minimum atomic E-state index is -4.38. The highest BCUT2D eigenvalue weighted by Gasteiger charge is 2.43. The van der Waals surface area contributed by atoms with Gasteiger partial charge in [-0.05, 0) is 31.5 Å². The highest BCUT2D eigenvalue weighted by molar-refractivity contribution is 7.99. The molecule has 6 nitrogen and oxygen atoms in total. The van der Waals surface area contributed by atoms with Crippen LogP contribution in [0.15, 0.2) is 28.4 Å². The number of carboxylic acid groups (broad SMARTS) is 1. The fourth-order valence-electron chi connectivity index (χ4n) is 2.87. The van der Waals surface area contributed by atoms with Crippen LogP contribution in [0, 0.1) is 12.7 Å². The third-order valence-corrected chi connectivity index (χ3v) is 5.24. The van der Waals surface area contributed by atoms with E-state index in [1.165, 1.54) is 18.0 Å². The van der Waals surface area contributed by atoms with E-state index in [2.05, 4.69) is 0 Å². The fraction of sp³-hybridized carbons (Fsp3) is 0.471. The molecule has 11 heteroatoms. The first-order valence-corrected chi connectivity index (χ1v) is 9.41. The lowest BCUT2D eigenvalue weighted by Crippen LogP contribution is -2.45. The van der Waals surface area contributed by atoms with Crippen molar-refractivity contribution in [2.45, 2.75) is 38.1 Å². The number of hydrogen-bond donors (Lipinski definition) is 2. The number of carboxylic acids is 1. The van der Waals surface area contributed by atoms with Crippen molar-refractivity contribution < 1.29 is 32.2 Å². The SMILES string of the molecule is CCOC1C(C(=O)O)=C(N)N(c2cc(SCC(F)(F)F)c(C)cc2F)N1CC. The Kier molecular flexibility index (Phi) is 6.84. The van der Waals surface area contributed by atoms with Gasteiger partial charge in [0.05, 0.1) is 11.4 Å². The Bertz CT molecular complexity index is 786. The Morgan fingerprint density at radius 2 is 2.00 bits per heavy atom. The Hall–Kier alpha value is -1.98. The van der Waals surface area contributed by atoms with Gasteiger partial charge in [0, 0.05) is 18.0 Å². The molecule has 0 spiro atoms. The summed E-state index contributed by atoms with van der Waals surface area (Å²) in [5.41, 5.74) is 5.93. The third-order valence-electron chi connectivity index (χ3n) is 4.02. The van der Waals surface area contributed by atoms with Gasteiger partial charge < -0.3 is 15.6 Å². The number of hydrazine groups is 1. The lowest BCUT2D eigenvalue weighted by molar-refractivity contribution is -0.135. The molecule has 0 aliphatic carbocycles. The molecule has 1 unspecified atom stereocenters. The van der Waals surface area contributed by atoms with Gasteiger partial charge in [0.1, 0.15) is 17.2 Å². The average Bonchev–Trinajstić information content (AvgIpc) is 2.85. The predicted molar refractivity (Wildman–Crippen MR) is 97.0 cm³/mol. The van der Waals surface area contributed by atoms with Crippen LogP contribution in [-0.2, 0) is 9.53 Å². The van der Waals surface area contributed by atoms with Crippen molar-refractivity contribution in [2.75, 3.05) is 23.9 Å². The molecule has 1 aliphatic heterocycles. The number of alkyl halides is 3. The molecule has 28 heavy (non-hydrogen) atoms. The van der Waals surface area contributed by atoms with Crippen LogP contribution in [0.25, 0.3) is 0 Å². The standard InChI is InChI=1S/C17H21F4N3O3S/c1-4-23-15(27-5-2)13(16(25)26)14(22)24(23)11-7-12(9(3)6-10(11)18)28-8-17(19,20)21/h6-7,15H,4-5,8,22H2,1-3H3,(H,25,26). The number of thioether (sulfide) groups is 1. The molecule has 0 saturated heterocycles. The second-order valence-electron chi connectivity index (χ2n) is 5.95. The molecule has 1 atom stereocenters. The summed E-state index contributed by atoms with van der Waals surface area (Å²) in [7, 11) is 0. The molecule has 0 fully saturated rings. The molecular formula is C17H21F4N3O3S. The molecule has 1 aliphatic rings. The largest absolute Gasteiger partial charge is 0.478 e. The number of benzene rings is 1. The first-order valence-electron chi connectivity index (χ1n) is 8.42. The number of hydrogen-bond acceptors (Lipinski definition) is 6. The molecule has 2 rings (SSSR count). The van der Waals surface area contributed by atoms with Crippen LogP contribution in [0.1, 0.15) is 19.4 Å². The summed E-state index contributed by atoms with van der Waals surface area (Å²) in [6, 6.07) is 2.34. The molecule has 0 amide bonds. The predicted octanol–water partition coefficient (Wildman–Crippen LogP) is 3.46. The van der Waals surface area contributed by atoms with E-state index >= 15 is 0 Å². The van der Waals surface area contributed by atoms with E-state index in [0.717, 1.165) is 11.1 Å². The molecular weight excluding hydrogens is 402 g/mol. The highest BCUT2D eigenvalue weighted by atomic mass is 32.2. The average molecular weight is 423 g/mol. The molecule has 0 aromatic heterocycles. The maximum Gasteiger partial charge on any atom is 0.398 e. The van der Waals surface area contributed by atoms with Gasteiger partial charge in [0.2, 0.25) is 0 Å². The minimum Gasteiger partial charge on any atom is -0.478 e. The van der Waals surface area contributed by atoms with E-state index in [1.807, 2.05) is 0 Å². The number of halogens is 4. The molecule has 1 heterocycles. The van der Waals surface area contributed by atoms with Crippen LogP contribution in [0.3, 0.4) is 0 Å². The second kappa shape index (κ2) is 8.58. The van der Waals surface area contributed by atoms with E-state index in [1.54, 1.807) is 13.8 Å². The maximum absolute atomic E-state index is 14.7. The van der Waals surface area contributed by atoms with Gasteiger partial charge in [-0.25, -0.2) is 9.18 Å². The zero-order valence-corrected chi connectivity index (χ0v) is 16.3. The monoisotopic (exact) mass is 423 g/mol. The smallest absolute Gasteiger partial charge is 0.398 e. The number of rotatable bonds is 7. The molecule has 3 N–H and O–H groups in total. The summed E-state index contributed by atoms with van der Waals surface area (Å²) in [6.45, 7) is 5.27. The van der Waals surface area contributed by atoms with Gasteiger partial charge >= 0.3 is 12.1 Å². The summed E-state index contributed by atoms with van der Waals surface area (Å²) in [5, 5.41) is 12.1. The number of nitrogens with zero attached hydrogens (tertiary/aromatic N) is 2. The first kappa shape index (κ1) is 22.3. The van der Waals surface area contributed by atoms with Crippen LogP contribution < -0.4 is 10.7 Å². The van der Waals surface area contributed by atoms with Crippen LogP contribution >= 0.6 is 11.8 Å². The van der Waals surface area contributed by atoms with Crippen molar-refractivity contribution >= 4 is 23.4 Å². The van der Waals surface area contributed by atoms with Gasteiger partial charge in [0.25, 0.3) is 0 Å². The van der Waals surface area contributed by atoms with E-state index < -0.39 is 29.9 Å². The fourth-order valence-corrected chi connectivity index (χ4v) is 3.67. The number of ether oxygens (including phenoxy) is 1. The number of anilines is 1.